The van der Waals surface area contributed by atoms with Crippen LogP contribution in [0.1, 0.15) is 44.6 Å². The van der Waals surface area contributed by atoms with Crippen molar-refractivity contribution in [3.63, 3.8) is 0 Å². The van der Waals surface area contributed by atoms with Crippen LogP contribution in [-0.4, -0.2) is 12.1 Å². The number of rotatable bonds is 5. The van der Waals surface area contributed by atoms with Gasteiger partial charge in [-0.3, -0.25) is 0 Å². The van der Waals surface area contributed by atoms with E-state index in [1.165, 1.54) is 31.2 Å². The number of ether oxygens (including phenoxy) is 1. The molecule has 0 atom stereocenters. The summed E-state index contributed by atoms with van der Waals surface area (Å²) in [7, 11) is 0. The Kier molecular flexibility index (Phi) is 4.06. The Morgan fingerprint density at radius 3 is 2.41 bits per heavy atom. The molecule has 1 fully saturated rings. The quantitative estimate of drug-likeness (QED) is 0.847. The highest BCUT2D eigenvalue weighted by molar-refractivity contribution is 5.28. The summed E-state index contributed by atoms with van der Waals surface area (Å²) in [5, 5.41) is 0. The molecular formula is C15H23NO. The van der Waals surface area contributed by atoms with Gasteiger partial charge >= 0.3 is 0 Å². The summed E-state index contributed by atoms with van der Waals surface area (Å²) < 4.78 is 6.10. The fourth-order valence-corrected chi connectivity index (χ4v) is 2.54. The standard InChI is InChI=1S/C15H23NO/c1-15(10-2-3-11-15)17-14-8-6-13(7-9-14)5-4-12-16/h6-9H,2-5,10-12,16H2,1H3. The number of nitrogens with two attached hydrogens (primary N) is 1. The number of hydrogen-bond acceptors (Lipinski definition) is 2. The lowest BCUT2D eigenvalue weighted by atomic mass is 10.1. The van der Waals surface area contributed by atoms with Crippen molar-refractivity contribution >= 4 is 0 Å². The second kappa shape index (κ2) is 5.54. The van der Waals surface area contributed by atoms with Gasteiger partial charge in [0.25, 0.3) is 0 Å². The first-order chi connectivity index (χ1) is 8.22. The van der Waals surface area contributed by atoms with Gasteiger partial charge in [-0.1, -0.05) is 12.1 Å². The summed E-state index contributed by atoms with van der Waals surface area (Å²) in [6, 6.07) is 8.50. The van der Waals surface area contributed by atoms with Crippen LogP contribution in [-0.2, 0) is 6.42 Å². The molecular weight excluding hydrogens is 210 g/mol. The Labute approximate surface area is 104 Å². The Morgan fingerprint density at radius 2 is 1.82 bits per heavy atom. The van der Waals surface area contributed by atoms with Crippen LogP contribution in [0.3, 0.4) is 0 Å². The van der Waals surface area contributed by atoms with Crippen LogP contribution in [0, 0.1) is 0 Å². The lowest BCUT2D eigenvalue weighted by molar-refractivity contribution is 0.0968. The van der Waals surface area contributed by atoms with Crippen LogP contribution >= 0.6 is 0 Å². The molecule has 0 radical (unpaired) electrons. The second-order valence-electron chi connectivity index (χ2n) is 5.30. The van der Waals surface area contributed by atoms with Gasteiger partial charge in [-0.15, -0.1) is 0 Å². The Bertz CT molecular complexity index is 338. The van der Waals surface area contributed by atoms with Gasteiger partial charge in [-0.25, -0.2) is 0 Å². The minimum atomic E-state index is 0.0682. The first-order valence-corrected chi connectivity index (χ1v) is 6.70. The Hall–Kier alpha value is -1.02. The molecule has 0 heterocycles. The molecule has 2 nitrogen and oxygen atoms in total. The molecule has 0 aliphatic heterocycles. The molecule has 1 aromatic rings. The molecule has 0 saturated heterocycles. The average molecular weight is 233 g/mol. The highest BCUT2D eigenvalue weighted by Gasteiger charge is 2.30. The molecule has 2 N–H and O–H groups in total. The van der Waals surface area contributed by atoms with Crippen LogP contribution in [0.5, 0.6) is 5.75 Å². The van der Waals surface area contributed by atoms with Gasteiger partial charge < -0.3 is 10.5 Å². The zero-order valence-electron chi connectivity index (χ0n) is 10.7. The first kappa shape index (κ1) is 12.4. The summed E-state index contributed by atoms with van der Waals surface area (Å²) in [6.07, 6.45) is 7.08. The van der Waals surface area contributed by atoms with Gasteiger partial charge in [0.2, 0.25) is 0 Å². The highest BCUT2D eigenvalue weighted by Crippen LogP contribution is 2.33. The van der Waals surface area contributed by atoms with E-state index in [1.54, 1.807) is 0 Å². The van der Waals surface area contributed by atoms with E-state index < -0.39 is 0 Å². The lowest BCUT2D eigenvalue weighted by Crippen LogP contribution is -2.27. The Balaban J connectivity index is 1.93. The van der Waals surface area contributed by atoms with E-state index >= 15 is 0 Å². The minimum absolute atomic E-state index is 0.0682. The van der Waals surface area contributed by atoms with Crippen LogP contribution in [0.15, 0.2) is 24.3 Å². The third kappa shape index (κ3) is 3.47. The predicted molar refractivity (Wildman–Crippen MR) is 71.3 cm³/mol. The van der Waals surface area contributed by atoms with Crippen LogP contribution in [0.2, 0.25) is 0 Å². The normalized spacial score (nSPS) is 18.2. The van der Waals surface area contributed by atoms with Crippen molar-refractivity contribution in [2.24, 2.45) is 5.73 Å². The zero-order valence-corrected chi connectivity index (χ0v) is 10.7. The van der Waals surface area contributed by atoms with E-state index in [1.807, 2.05) is 0 Å². The SMILES string of the molecule is CC1(Oc2ccc(CCCN)cc2)CCCC1. The predicted octanol–water partition coefficient (Wildman–Crippen LogP) is 3.29. The van der Waals surface area contributed by atoms with Gasteiger partial charge in [0.15, 0.2) is 0 Å². The first-order valence-electron chi connectivity index (χ1n) is 6.70. The molecule has 2 heteroatoms. The van der Waals surface area contributed by atoms with Gasteiger partial charge in [0, 0.05) is 0 Å². The smallest absolute Gasteiger partial charge is 0.120 e. The van der Waals surface area contributed by atoms with Crippen molar-refractivity contribution in [2.75, 3.05) is 6.54 Å². The summed E-state index contributed by atoms with van der Waals surface area (Å²) in [4.78, 5) is 0. The van der Waals surface area contributed by atoms with E-state index in [4.69, 9.17) is 10.5 Å². The van der Waals surface area contributed by atoms with Crippen molar-refractivity contribution in [1.29, 1.82) is 0 Å². The van der Waals surface area contributed by atoms with Crippen molar-refractivity contribution in [3.05, 3.63) is 29.8 Å². The van der Waals surface area contributed by atoms with Crippen molar-refractivity contribution in [2.45, 2.75) is 51.0 Å². The van der Waals surface area contributed by atoms with Gasteiger partial charge in [-0.05, 0) is 69.7 Å². The van der Waals surface area contributed by atoms with E-state index in [9.17, 15) is 0 Å². The molecule has 94 valence electrons. The van der Waals surface area contributed by atoms with Crippen molar-refractivity contribution in [1.82, 2.24) is 0 Å². The van der Waals surface area contributed by atoms with E-state index in [0.29, 0.717) is 0 Å². The maximum atomic E-state index is 6.10. The monoisotopic (exact) mass is 233 g/mol. The third-order valence-corrected chi connectivity index (χ3v) is 3.62. The topological polar surface area (TPSA) is 35.2 Å². The Morgan fingerprint density at radius 1 is 1.18 bits per heavy atom. The molecule has 1 aromatic carbocycles. The van der Waals surface area contributed by atoms with Gasteiger partial charge in [-0.2, -0.15) is 0 Å². The molecule has 0 spiro atoms. The molecule has 0 amide bonds. The average Bonchev–Trinajstić information content (AvgIpc) is 2.75. The zero-order chi connectivity index (χ0) is 12.1. The third-order valence-electron chi connectivity index (χ3n) is 3.62. The molecule has 0 aromatic heterocycles. The van der Waals surface area contributed by atoms with E-state index in [0.717, 1.165) is 25.1 Å². The summed E-state index contributed by atoms with van der Waals surface area (Å²) in [6.45, 7) is 2.98. The number of aryl methyl sites for hydroxylation is 1. The summed E-state index contributed by atoms with van der Waals surface area (Å²) >= 11 is 0. The number of benzene rings is 1. The largest absolute Gasteiger partial charge is 0.488 e. The maximum absolute atomic E-state index is 6.10. The summed E-state index contributed by atoms with van der Waals surface area (Å²) in [5.41, 5.74) is 6.92. The number of hydrogen-bond donors (Lipinski definition) is 1. The van der Waals surface area contributed by atoms with Crippen LogP contribution < -0.4 is 10.5 Å². The lowest BCUT2D eigenvalue weighted by Gasteiger charge is -2.25. The molecule has 1 aliphatic rings. The second-order valence-corrected chi connectivity index (χ2v) is 5.30. The minimum Gasteiger partial charge on any atom is -0.488 e. The highest BCUT2D eigenvalue weighted by atomic mass is 16.5. The van der Waals surface area contributed by atoms with Gasteiger partial charge in [0.1, 0.15) is 11.4 Å². The fraction of sp³-hybridized carbons (Fsp3) is 0.600. The van der Waals surface area contributed by atoms with Crippen LogP contribution in [0.25, 0.3) is 0 Å². The van der Waals surface area contributed by atoms with Gasteiger partial charge in [0.05, 0.1) is 0 Å². The molecule has 17 heavy (non-hydrogen) atoms. The van der Waals surface area contributed by atoms with E-state index in [2.05, 4.69) is 31.2 Å². The molecule has 0 bridgehead atoms. The molecule has 1 saturated carbocycles. The summed E-state index contributed by atoms with van der Waals surface area (Å²) in [5.74, 6) is 1.01. The van der Waals surface area contributed by atoms with E-state index in [-0.39, 0.29) is 5.60 Å². The molecule has 2 rings (SSSR count). The molecule has 0 unspecified atom stereocenters. The van der Waals surface area contributed by atoms with Crippen molar-refractivity contribution < 1.29 is 4.74 Å². The van der Waals surface area contributed by atoms with Crippen molar-refractivity contribution in [3.8, 4) is 5.75 Å². The fourth-order valence-electron chi connectivity index (χ4n) is 2.54. The maximum Gasteiger partial charge on any atom is 0.120 e. The van der Waals surface area contributed by atoms with Crippen LogP contribution in [0.4, 0.5) is 0 Å². The molecule has 1 aliphatic carbocycles.